The number of carbonyl (C=O) groups is 2. The minimum absolute atomic E-state index is 0.0147. The first kappa shape index (κ1) is 52.1. The lowest BCUT2D eigenvalue weighted by Gasteiger charge is -2.24. The Morgan fingerprint density at radius 1 is 0.681 bits per heavy atom. The lowest BCUT2D eigenvalue weighted by Crippen LogP contribution is -2.52. The van der Waals surface area contributed by atoms with Crippen LogP contribution in [0.2, 0.25) is 10.0 Å². The molecule has 2 atom stereocenters. The number of aliphatic carboxylic acids is 1. The molecule has 69 heavy (non-hydrogen) atoms. The summed E-state index contributed by atoms with van der Waals surface area (Å²) in [7, 11) is 0. The minimum atomic E-state index is -1.66. The number of carboxylic acid groups (broad SMARTS) is 1. The van der Waals surface area contributed by atoms with Gasteiger partial charge in [-0.05, 0) is 70.0 Å². The molecule has 5 N–H and O–H groups in total. The van der Waals surface area contributed by atoms with Gasteiger partial charge in [0.05, 0.1) is 48.9 Å². The molecule has 0 aliphatic heterocycles. The highest BCUT2D eigenvalue weighted by Gasteiger charge is 2.32. The number of rotatable bonds is 23. The van der Waals surface area contributed by atoms with Crippen LogP contribution >= 0.6 is 55.1 Å². The van der Waals surface area contributed by atoms with E-state index in [9.17, 15) is 35.4 Å². The van der Waals surface area contributed by atoms with Crippen molar-refractivity contribution in [2.24, 2.45) is 0 Å². The minimum Gasteiger partial charge on any atom is -0.480 e. The number of hydrogen-bond acceptors (Lipinski definition) is 16. The smallest absolute Gasteiger partial charge is 0.326 e. The van der Waals surface area contributed by atoms with Gasteiger partial charge in [0.15, 0.2) is 0 Å². The normalized spacial score (nSPS) is 12.7. The third kappa shape index (κ3) is 13.3. The number of hydrogen-bond donors (Lipinski definition) is 5. The molecule has 17 nitrogen and oxygen atoms in total. The van der Waals surface area contributed by atoms with E-state index in [-0.39, 0.29) is 63.0 Å². The van der Waals surface area contributed by atoms with E-state index in [1.54, 1.807) is 61.8 Å². The number of ether oxygens (including phenoxy) is 4. The summed E-state index contributed by atoms with van der Waals surface area (Å²) in [5.41, 5.74) is 2.42. The van der Waals surface area contributed by atoms with Crippen LogP contribution in [0, 0.1) is 22.7 Å². The molecule has 6 rings (SSSR count). The highest BCUT2D eigenvalue weighted by atomic mass is 79.9. The number of nitrogens with one attached hydrogen (secondary N) is 2. The number of nitriles is 2. The number of aliphatic hydroxyl groups excluding tert-OH is 2. The topological polar surface area (TPSA) is 255 Å². The van der Waals surface area contributed by atoms with Gasteiger partial charge in [-0.25, -0.2) is 0 Å². The Labute approximate surface area is 423 Å². The van der Waals surface area contributed by atoms with E-state index < -0.39 is 30.3 Å². The van der Waals surface area contributed by atoms with Crippen molar-refractivity contribution in [2.75, 3.05) is 13.2 Å². The number of aldehydes is 1. The van der Waals surface area contributed by atoms with Crippen LogP contribution in [-0.2, 0) is 49.1 Å². The van der Waals surface area contributed by atoms with Crippen molar-refractivity contribution in [1.82, 2.24) is 30.6 Å². The third-order valence-corrected chi connectivity index (χ3v) is 12.5. The summed E-state index contributed by atoms with van der Waals surface area (Å²) < 4.78 is 25.5. The number of halogens is 4. The van der Waals surface area contributed by atoms with Gasteiger partial charge in [0.1, 0.15) is 50.4 Å². The monoisotopic (exact) mass is 1100 g/mol. The molecule has 356 valence electrons. The third-order valence-electron chi connectivity index (χ3n) is 10.5. The first-order valence-corrected chi connectivity index (χ1v) is 23.0. The van der Waals surface area contributed by atoms with E-state index in [4.69, 9.17) is 42.1 Å². The van der Waals surface area contributed by atoms with Crippen LogP contribution in [0.4, 0.5) is 0 Å². The molecule has 2 aromatic carbocycles. The van der Waals surface area contributed by atoms with Gasteiger partial charge in [0.2, 0.25) is 23.5 Å². The summed E-state index contributed by atoms with van der Waals surface area (Å²) in [6.45, 7) is 1.75. The highest BCUT2D eigenvalue weighted by Crippen LogP contribution is 2.39. The lowest BCUT2D eigenvalue weighted by molar-refractivity contribution is -0.146. The van der Waals surface area contributed by atoms with Crippen molar-refractivity contribution in [1.29, 1.82) is 10.5 Å². The predicted octanol–water partition coefficient (Wildman–Crippen LogP) is 7.79. The van der Waals surface area contributed by atoms with Crippen molar-refractivity contribution in [3.63, 3.8) is 0 Å². The first-order valence-electron chi connectivity index (χ1n) is 20.7. The number of carbonyl (C=O) groups excluding carboxylic acids is 1. The van der Waals surface area contributed by atoms with E-state index in [2.05, 4.69) is 68.5 Å². The van der Waals surface area contributed by atoms with E-state index in [1.165, 1.54) is 19.3 Å². The molecule has 0 unspecified atom stereocenters. The molecule has 0 amide bonds. The average Bonchev–Trinajstić information content (AvgIpc) is 3.36. The number of pyridine rings is 4. The van der Waals surface area contributed by atoms with E-state index in [1.807, 2.05) is 24.3 Å². The highest BCUT2D eigenvalue weighted by molar-refractivity contribution is 9.10. The zero-order valence-corrected chi connectivity index (χ0v) is 41.5. The van der Waals surface area contributed by atoms with E-state index in [0.717, 1.165) is 0 Å². The Bertz CT molecular complexity index is 2940. The Morgan fingerprint density at radius 3 is 1.54 bits per heavy atom. The van der Waals surface area contributed by atoms with Crippen molar-refractivity contribution in [2.45, 2.75) is 64.4 Å². The summed E-state index contributed by atoms with van der Waals surface area (Å²) in [6.07, 6.45) is 6.59. The van der Waals surface area contributed by atoms with Crippen molar-refractivity contribution < 1.29 is 43.9 Å². The predicted molar refractivity (Wildman–Crippen MR) is 259 cm³/mol. The molecule has 0 fully saturated rings. The molecular formula is C48H42Br2Cl2N8O9. The van der Waals surface area contributed by atoms with Gasteiger partial charge in [-0.2, -0.15) is 20.5 Å². The van der Waals surface area contributed by atoms with Gasteiger partial charge in [0.25, 0.3) is 0 Å². The van der Waals surface area contributed by atoms with Crippen LogP contribution in [0.15, 0.2) is 94.4 Å². The van der Waals surface area contributed by atoms with Gasteiger partial charge in [0, 0.05) is 82.4 Å². The van der Waals surface area contributed by atoms with Crippen molar-refractivity contribution in [3.8, 4) is 46.8 Å². The Hall–Kier alpha value is -6.26. The van der Waals surface area contributed by atoms with Crippen LogP contribution in [-0.4, -0.2) is 71.8 Å². The Balaban J connectivity index is 1.21. The molecule has 0 saturated heterocycles. The number of aromatic nitrogens is 4. The molecular weight excluding hydrogens is 1060 g/mol. The van der Waals surface area contributed by atoms with Crippen molar-refractivity contribution in [3.05, 3.63) is 149 Å². The molecule has 0 radical (unpaired) electrons. The number of benzene rings is 2. The molecule has 0 aliphatic carbocycles. The van der Waals surface area contributed by atoms with Gasteiger partial charge < -0.3 is 39.1 Å². The SMILES string of the molecule is C[C@@](C=O)(CO)NCc1cc(Br)c(OCc2cccc(-c3cccc(COc4nc(OCc5cncc(C#N)c5)c(CN[C@@](C)(CO)C(=O)O)cc4Br)c3Cl)c2Cl)nc1OCc1cncc(C#N)c1. The molecule has 0 bridgehead atoms. The Morgan fingerprint density at radius 2 is 1.13 bits per heavy atom. The molecule has 6 aromatic rings. The van der Waals surface area contributed by atoms with Gasteiger partial charge in [-0.15, -0.1) is 0 Å². The fourth-order valence-corrected chi connectivity index (χ4v) is 7.79. The van der Waals surface area contributed by atoms with Crippen LogP contribution in [0.3, 0.4) is 0 Å². The van der Waals surface area contributed by atoms with Crippen molar-refractivity contribution >= 4 is 67.3 Å². The second kappa shape index (κ2) is 23.8. The fraction of sp³-hybridized carbons (Fsp3) is 0.250. The largest absolute Gasteiger partial charge is 0.480 e. The second-order valence-corrected chi connectivity index (χ2v) is 18.2. The number of aliphatic hydroxyl groups is 2. The van der Waals surface area contributed by atoms with Crippen LogP contribution in [0.25, 0.3) is 11.1 Å². The molecule has 4 aromatic heterocycles. The molecule has 0 spiro atoms. The fourth-order valence-electron chi connectivity index (χ4n) is 6.26. The van der Waals surface area contributed by atoms with Gasteiger partial charge in [-0.3, -0.25) is 25.4 Å². The lowest BCUT2D eigenvalue weighted by atomic mass is 10.0. The molecule has 0 aliphatic rings. The summed E-state index contributed by atoms with van der Waals surface area (Å²) in [5.74, 6) is -0.688. The summed E-state index contributed by atoms with van der Waals surface area (Å²) in [5, 5.41) is 54.6. The maximum atomic E-state index is 11.9. The van der Waals surface area contributed by atoms with Gasteiger partial charge >= 0.3 is 5.97 Å². The van der Waals surface area contributed by atoms with E-state index in [0.29, 0.717) is 80.9 Å². The Kier molecular flexibility index (Phi) is 18.0. The molecule has 0 saturated carbocycles. The zero-order chi connectivity index (χ0) is 49.7. The molecule has 21 heteroatoms. The summed E-state index contributed by atoms with van der Waals surface area (Å²) >= 11 is 21.2. The summed E-state index contributed by atoms with van der Waals surface area (Å²) in [4.78, 5) is 41.0. The van der Waals surface area contributed by atoms with Crippen LogP contribution < -0.4 is 29.6 Å². The quantitative estimate of drug-likeness (QED) is 0.0384. The van der Waals surface area contributed by atoms with Crippen LogP contribution in [0.1, 0.15) is 58.4 Å². The number of nitrogens with zero attached hydrogens (tertiary/aromatic N) is 6. The zero-order valence-electron chi connectivity index (χ0n) is 36.8. The first-order chi connectivity index (χ1) is 33.1. The van der Waals surface area contributed by atoms with E-state index >= 15 is 0 Å². The maximum absolute atomic E-state index is 11.9. The van der Waals surface area contributed by atoms with Gasteiger partial charge in [-0.1, -0.05) is 59.6 Å². The molecule has 4 heterocycles. The average molecular weight is 1110 g/mol. The number of carboxylic acids is 1. The second-order valence-electron chi connectivity index (χ2n) is 15.8. The summed E-state index contributed by atoms with van der Waals surface area (Å²) in [6, 6.07) is 21.6. The standard InChI is InChI=1S/C48H42Br2Cl2N8O9/c1-47(25-61,26-62)57-19-34-11-38(49)44(59-42(34)66-21-30-9-28(13-53)15-55-17-30)68-23-32-5-3-7-36(40(32)51)37-8-4-6-33(41(37)52)24-69-45-39(50)12-35(20-58-48(2,27-63)46(64)65)43(60-45)67-22-31-10-29(14-54)16-56-18-31/h3-12,15-18,25,57-58,62-63H,19-24,26-27H2,1-2H3,(H,64,65)/t47-,48+/m1/s1. The maximum Gasteiger partial charge on any atom is 0.326 e. The van der Waals surface area contributed by atoms with Crippen LogP contribution in [0.5, 0.6) is 23.5 Å².